The zero-order valence-electron chi connectivity index (χ0n) is 20.8. The van der Waals surface area contributed by atoms with E-state index in [1.165, 1.54) is 38.5 Å². The summed E-state index contributed by atoms with van der Waals surface area (Å²) in [4.78, 5) is 9.43. The first-order chi connectivity index (χ1) is 17.2. The Morgan fingerprint density at radius 1 is 0.600 bits per heavy atom. The van der Waals surface area contributed by atoms with Crippen molar-refractivity contribution in [2.75, 3.05) is 13.2 Å². The first-order valence-electron chi connectivity index (χ1n) is 13.3. The van der Waals surface area contributed by atoms with Gasteiger partial charge in [0, 0.05) is 17.5 Å². The van der Waals surface area contributed by atoms with Gasteiger partial charge in [-0.3, -0.25) is 9.98 Å². The van der Waals surface area contributed by atoms with E-state index in [0.717, 1.165) is 54.7 Å². The van der Waals surface area contributed by atoms with E-state index in [1.807, 2.05) is 48.5 Å². The Morgan fingerprint density at radius 3 is 1.34 bits per heavy atom. The minimum atomic E-state index is 0.378. The summed E-state index contributed by atoms with van der Waals surface area (Å²) in [7, 11) is 0. The van der Waals surface area contributed by atoms with Gasteiger partial charge in [0.25, 0.3) is 0 Å². The monoisotopic (exact) mass is 476 g/mol. The molecule has 0 aromatic heterocycles. The van der Waals surface area contributed by atoms with Crippen LogP contribution in [0.4, 0.5) is 0 Å². The van der Waals surface area contributed by atoms with Gasteiger partial charge in [-0.05, 0) is 74.2 Å². The first-order valence-corrected chi connectivity index (χ1v) is 13.3. The van der Waals surface area contributed by atoms with Crippen LogP contribution in [0.25, 0.3) is 0 Å². The van der Waals surface area contributed by atoms with Crippen LogP contribution in [0.2, 0.25) is 0 Å². The largest absolute Gasteiger partial charge is 0.493 e. The quantitative estimate of drug-likeness (QED) is 0.265. The van der Waals surface area contributed by atoms with Crippen LogP contribution >= 0.6 is 0 Å². The van der Waals surface area contributed by atoms with E-state index >= 15 is 0 Å². The van der Waals surface area contributed by atoms with Gasteiger partial charge in [0.2, 0.25) is 0 Å². The predicted molar refractivity (Wildman–Crippen MR) is 144 cm³/mol. The summed E-state index contributed by atoms with van der Waals surface area (Å²) in [5, 5.41) is 0. The number of benzene rings is 2. The molecule has 2 fully saturated rings. The number of nitrogens with zero attached hydrogens (tertiary/aromatic N) is 2. The van der Waals surface area contributed by atoms with Crippen LogP contribution in [0.1, 0.15) is 81.8 Å². The van der Waals surface area contributed by atoms with Crippen LogP contribution in [-0.2, 0) is 0 Å². The maximum Gasteiger partial charge on any atom is 0.125 e. The molecule has 35 heavy (non-hydrogen) atoms. The second-order valence-corrected chi connectivity index (χ2v) is 9.71. The highest BCUT2D eigenvalue weighted by molar-refractivity contribution is 5.98. The fourth-order valence-electron chi connectivity index (χ4n) is 4.85. The lowest BCUT2D eigenvalue weighted by Crippen LogP contribution is -2.19. The molecule has 2 aromatic rings. The van der Waals surface area contributed by atoms with E-state index in [2.05, 4.69) is 0 Å². The summed E-state index contributed by atoms with van der Waals surface area (Å²) in [6.07, 6.45) is 13.1. The van der Waals surface area contributed by atoms with Crippen LogP contribution in [0, 0.1) is 0 Å². The molecule has 2 aromatic carbocycles. The molecular formula is C29H40N4O2. The molecule has 0 saturated heterocycles. The second-order valence-electron chi connectivity index (χ2n) is 9.71. The van der Waals surface area contributed by atoms with E-state index < -0.39 is 0 Å². The van der Waals surface area contributed by atoms with E-state index in [4.69, 9.17) is 30.9 Å². The summed E-state index contributed by atoms with van der Waals surface area (Å²) < 4.78 is 11.7. The molecule has 0 bridgehead atoms. The van der Waals surface area contributed by atoms with Gasteiger partial charge < -0.3 is 20.9 Å². The average molecular weight is 477 g/mol. The highest BCUT2D eigenvalue weighted by Crippen LogP contribution is 2.22. The summed E-state index contributed by atoms with van der Waals surface area (Å²) in [6.45, 7) is 1.17. The molecule has 0 atom stereocenters. The zero-order valence-corrected chi connectivity index (χ0v) is 20.8. The number of aliphatic imine (C=N–C) groups is 2. The summed E-state index contributed by atoms with van der Waals surface area (Å²) >= 11 is 0. The van der Waals surface area contributed by atoms with Crippen LogP contribution in [0.15, 0.2) is 58.5 Å². The van der Waals surface area contributed by atoms with Crippen molar-refractivity contribution in [3.63, 3.8) is 0 Å². The van der Waals surface area contributed by atoms with Gasteiger partial charge in [-0.2, -0.15) is 0 Å². The Kier molecular flexibility index (Phi) is 9.44. The van der Waals surface area contributed by atoms with Gasteiger partial charge in [-0.1, -0.05) is 38.5 Å². The van der Waals surface area contributed by atoms with Crippen molar-refractivity contribution < 1.29 is 9.47 Å². The summed E-state index contributed by atoms with van der Waals surface area (Å²) in [5.74, 6) is 2.92. The summed E-state index contributed by atoms with van der Waals surface area (Å²) in [5.41, 5.74) is 14.4. The molecule has 6 nitrogen and oxygen atoms in total. The number of hydrogen-bond donors (Lipinski definition) is 2. The number of amidine groups is 2. The lowest BCUT2D eigenvalue weighted by Gasteiger charge is -2.18. The molecule has 6 heteroatoms. The van der Waals surface area contributed by atoms with Gasteiger partial charge in [-0.15, -0.1) is 0 Å². The highest BCUT2D eigenvalue weighted by atomic mass is 16.5. The molecule has 0 amide bonds. The third-order valence-corrected chi connectivity index (χ3v) is 6.92. The number of rotatable bonds is 10. The molecule has 2 saturated carbocycles. The van der Waals surface area contributed by atoms with Crippen molar-refractivity contribution in [1.29, 1.82) is 0 Å². The normalized spacial score (nSPS) is 18.4. The van der Waals surface area contributed by atoms with Gasteiger partial charge in [-0.25, -0.2) is 0 Å². The van der Waals surface area contributed by atoms with Crippen molar-refractivity contribution in [2.24, 2.45) is 21.5 Å². The molecule has 2 aliphatic rings. The smallest absolute Gasteiger partial charge is 0.125 e. The Bertz CT molecular complexity index is 878. The molecule has 0 heterocycles. The number of hydrogen-bond acceptors (Lipinski definition) is 4. The van der Waals surface area contributed by atoms with Crippen molar-refractivity contribution in [2.45, 2.75) is 82.7 Å². The molecule has 0 spiro atoms. The fourth-order valence-corrected chi connectivity index (χ4v) is 4.85. The van der Waals surface area contributed by atoms with Crippen molar-refractivity contribution >= 4 is 11.7 Å². The van der Waals surface area contributed by atoms with Crippen LogP contribution < -0.4 is 20.9 Å². The molecule has 0 radical (unpaired) electrons. The lowest BCUT2D eigenvalue weighted by molar-refractivity contribution is 0.247. The maximum absolute atomic E-state index is 6.22. The first kappa shape index (κ1) is 25.1. The molecule has 2 aliphatic carbocycles. The summed E-state index contributed by atoms with van der Waals surface area (Å²) in [6, 6.07) is 16.5. The topological polar surface area (TPSA) is 95.2 Å². The third-order valence-electron chi connectivity index (χ3n) is 6.92. The van der Waals surface area contributed by atoms with Crippen LogP contribution in [-0.4, -0.2) is 37.0 Å². The van der Waals surface area contributed by atoms with Crippen molar-refractivity contribution in [3.05, 3.63) is 59.7 Å². The average Bonchev–Trinajstić information content (AvgIpc) is 2.90. The van der Waals surface area contributed by atoms with E-state index in [1.54, 1.807) is 0 Å². The van der Waals surface area contributed by atoms with E-state index in [-0.39, 0.29) is 0 Å². The Morgan fingerprint density at radius 2 is 0.971 bits per heavy atom. The Balaban J connectivity index is 1.15. The van der Waals surface area contributed by atoms with Crippen molar-refractivity contribution in [3.8, 4) is 11.5 Å². The molecule has 4 rings (SSSR count). The molecule has 0 aliphatic heterocycles. The minimum absolute atomic E-state index is 0.378. The highest BCUT2D eigenvalue weighted by Gasteiger charge is 2.14. The second kappa shape index (κ2) is 13.2. The Hall–Kier alpha value is -3.02. The molecule has 188 valence electrons. The van der Waals surface area contributed by atoms with E-state index in [9.17, 15) is 0 Å². The molecular weight excluding hydrogens is 436 g/mol. The fraction of sp³-hybridized carbons (Fsp3) is 0.517. The lowest BCUT2D eigenvalue weighted by atomic mass is 9.96. The Labute approximate surface area is 209 Å². The van der Waals surface area contributed by atoms with Crippen molar-refractivity contribution in [1.82, 2.24) is 0 Å². The predicted octanol–water partition coefficient (Wildman–Crippen LogP) is 5.61. The number of ether oxygens (including phenoxy) is 2. The van der Waals surface area contributed by atoms with Gasteiger partial charge >= 0.3 is 0 Å². The van der Waals surface area contributed by atoms with Crippen LogP contribution in [0.5, 0.6) is 11.5 Å². The van der Waals surface area contributed by atoms with Gasteiger partial charge in [0.05, 0.1) is 25.3 Å². The van der Waals surface area contributed by atoms with E-state index in [0.29, 0.717) is 37.0 Å². The van der Waals surface area contributed by atoms with Crippen LogP contribution in [0.3, 0.4) is 0 Å². The third kappa shape index (κ3) is 8.01. The zero-order chi connectivity index (χ0) is 24.3. The minimum Gasteiger partial charge on any atom is -0.493 e. The molecule has 0 unspecified atom stereocenters. The standard InChI is InChI=1S/C29H40N4O2/c30-28(32-24-8-3-1-4-9-24)22-12-16-26(17-13-22)34-20-7-21-35-27-18-14-23(15-19-27)29(31)33-25-10-5-2-6-11-25/h12-19,24-25H,1-11,20-21H2,(H2,30,32)(H2,31,33). The molecule has 4 N–H and O–H groups in total. The SMILES string of the molecule is NC(=NC1CCCCC1)c1ccc(OCCCOc2ccc(C(N)=NC3CCCCC3)cc2)cc1. The van der Waals surface area contributed by atoms with Gasteiger partial charge in [0.15, 0.2) is 0 Å². The number of nitrogens with two attached hydrogens (primary N) is 2. The maximum atomic E-state index is 6.22. The van der Waals surface area contributed by atoms with Gasteiger partial charge in [0.1, 0.15) is 23.2 Å².